The van der Waals surface area contributed by atoms with E-state index >= 15 is 0 Å². The minimum absolute atomic E-state index is 0.450. The summed E-state index contributed by atoms with van der Waals surface area (Å²) in [5.74, 6) is -2.15. The molecule has 0 aliphatic heterocycles. The third kappa shape index (κ3) is 1.74. The van der Waals surface area contributed by atoms with E-state index in [4.69, 9.17) is 0 Å². The third-order valence-electron chi connectivity index (χ3n) is 3.72. The van der Waals surface area contributed by atoms with Crippen molar-refractivity contribution in [1.29, 1.82) is 0 Å². The molecule has 0 heterocycles. The Bertz CT molecular complexity index is 367. The molecule has 1 aromatic carbocycles. The molecule has 0 radical (unpaired) electrons. The molecule has 0 N–H and O–H groups in total. The first kappa shape index (κ1) is 11.6. The second-order valence-corrected chi connectivity index (χ2v) is 5.25. The molecule has 0 spiro atoms. The molecule has 0 nitrogen and oxygen atoms in total. The summed E-state index contributed by atoms with van der Waals surface area (Å²) >= 11 is 0. The van der Waals surface area contributed by atoms with Crippen LogP contribution < -0.4 is 0 Å². The van der Waals surface area contributed by atoms with Gasteiger partial charge in [-0.1, -0.05) is 38.1 Å². The minimum Gasteiger partial charge on any atom is -0.206 e. The van der Waals surface area contributed by atoms with Gasteiger partial charge in [0.05, 0.1) is 5.41 Å². The van der Waals surface area contributed by atoms with Gasteiger partial charge in [0.15, 0.2) is 0 Å². The molecule has 1 aliphatic carbocycles. The van der Waals surface area contributed by atoms with E-state index < -0.39 is 11.3 Å². The fourth-order valence-corrected chi connectivity index (χ4v) is 2.29. The molecule has 0 atom stereocenters. The first-order chi connectivity index (χ1) is 7.37. The summed E-state index contributed by atoms with van der Waals surface area (Å²) in [7, 11) is 0. The first-order valence-electron chi connectivity index (χ1n) is 5.85. The van der Waals surface area contributed by atoms with Crippen LogP contribution >= 0.6 is 0 Å². The number of rotatable bonds is 3. The zero-order valence-electron chi connectivity index (χ0n) is 10.1. The second kappa shape index (κ2) is 3.54. The zero-order valence-corrected chi connectivity index (χ0v) is 10.1. The predicted molar refractivity (Wildman–Crippen MR) is 62.1 cm³/mol. The Morgan fingerprint density at radius 2 is 1.62 bits per heavy atom. The van der Waals surface area contributed by atoms with Crippen LogP contribution in [0.1, 0.15) is 50.7 Å². The molecule has 1 fully saturated rings. The van der Waals surface area contributed by atoms with Crippen LogP contribution in [0, 0.1) is 0 Å². The Morgan fingerprint density at radius 3 is 1.94 bits per heavy atom. The highest BCUT2D eigenvalue weighted by Gasteiger charge is 2.59. The fraction of sp³-hybridized carbons (Fsp3) is 0.571. The van der Waals surface area contributed by atoms with E-state index in [9.17, 15) is 8.78 Å². The molecule has 16 heavy (non-hydrogen) atoms. The van der Waals surface area contributed by atoms with E-state index in [1.165, 1.54) is 5.56 Å². The highest BCUT2D eigenvalue weighted by molar-refractivity contribution is 5.37. The van der Waals surface area contributed by atoms with Crippen molar-refractivity contribution >= 4 is 0 Å². The number of hydrogen-bond acceptors (Lipinski definition) is 0. The van der Waals surface area contributed by atoms with Gasteiger partial charge in [-0.25, -0.2) is 8.78 Å². The molecule has 88 valence electrons. The van der Waals surface area contributed by atoms with Crippen LogP contribution in [-0.4, -0.2) is 5.92 Å². The molecule has 0 unspecified atom stereocenters. The molecular formula is C14H18F2. The molecule has 1 saturated carbocycles. The lowest BCUT2D eigenvalue weighted by atomic mass is 9.88. The van der Waals surface area contributed by atoms with Gasteiger partial charge in [0.25, 0.3) is 5.92 Å². The summed E-state index contributed by atoms with van der Waals surface area (Å²) in [6.07, 6.45) is 1.22. The van der Waals surface area contributed by atoms with Crippen molar-refractivity contribution in [2.75, 3.05) is 0 Å². The summed E-state index contributed by atoms with van der Waals surface area (Å²) < 4.78 is 27.0. The summed E-state index contributed by atoms with van der Waals surface area (Å²) in [4.78, 5) is 0. The van der Waals surface area contributed by atoms with Crippen molar-refractivity contribution in [3.63, 3.8) is 0 Å². The van der Waals surface area contributed by atoms with Crippen LogP contribution in [0.25, 0.3) is 0 Å². The molecule has 2 rings (SSSR count). The summed E-state index contributed by atoms with van der Waals surface area (Å²) in [5, 5.41) is 0. The van der Waals surface area contributed by atoms with E-state index in [-0.39, 0.29) is 0 Å². The number of benzene rings is 1. The van der Waals surface area contributed by atoms with E-state index in [1.807, 2.05) is 24.3 Å². The average Bonchev–Trinajstić information content (AvgIpc) is 2.97. The van der Waals surface area contributed by atoms with E-state index in [0.29, 0.717) is 18.8 Å². The largest absolute Gasteiger partial charge is 0.254 e. The van der Waals surface area contributed by atoms with Gasteiger partial charge in [0, 0.05) is 6.92 Å². The van der Waals surface area contributed by atoms with Gasteiger partial charge in [-0.3, -0.25) is 0 Å². The van der Waals surface area contributed by atoms with Gasteiger partial charge >= 0.3 is 0 Å². The Balaban J connectivity index is 2.29. The van der Waals surface area contributed by atoms with Gasteiger partial charge in [-0.15, -0.1) is 0 Å². The van der Waals surface area contributed by atoms with Crippen molar-refractivity contribution in [1.82, 2.24) is 0 Å². The van der Waals surface area contributed by atoms with Crippen molar-refractivity contribution in [3.8, 4) is 0 Å². The van der Waals surface area contributed by atoms with E-state index in [0.717, 1.165) is 12.5 Å². The quantitative estimate of drug-likeness (QED) is 0.709. The minimum atomic E-state index is -2.60. The van der Waals surface area contributed by atoms with Crippen molar-refractivity contribution in [2.45, 2.75) is 50.9 Å². The first-order valence-corrected chi connectivity index (χ1v) is 5.85. The van der Waals surface area contributed by atoms with Gasteiger partial charge in [0.2, 0.25) is 0 Å². The lowest BCUT2D eigenvalue weighted by Gasteiger charge is -2.23. The summed E-state index contributed by atoms with van der Waals surface area (Å²) in [5.41, 5.74) is 1.13. The van der Waals surface area contributed by atoms with E-state index in [1.54, 1.807) is 0 Å². The maximum Gasteiger partial charge on any atom is 0.254 e. The topological polar surface area (TPSA) is 0 Å². The average molecular weight is 224 g/mol. The van der Waals surface area contributed by atoms with Gasteiger partial charge in [-0.05, 0) is 29.9 Å². The molecule has 1 aromatic rings. The molecule has 0 amide bonds. The van der Waals surface area contributed by atoms with Crippen LogP contribution in [-0.2, 0) is 5.41 Å². The Labute approximate surface area is 95.7 Å². The maximum atomic E-state index is 13.5. The second-order valence-electron chi connectivity index (χ2n) is 5.25. The van der Waals surface area contributed by atoms with Crippen molar-refractivity contribution in [3.05, 3.63) is 35.4 Å². The van der Waals surface area contributed by atoms with Crippen LogP contribution in [0.15, 0.2) is 24.3 Å². The van der Waals surface area contributed by atoms with Gasteiger partial charge in [0.1, 0.15) is 0 Å². The highest BCUT2D eigenvalue weighted by atomic mass is 19.3. The third-order valence-corrected chi connectivity index (χ3v) is 3.72. The lowest BCUT2D eigenvalue weighted by molar-refractivity contribution is -0.0200. The molecule has 0 bridgehead atoms. The molecular weight excluding hydrogens is 206 g/mol. The number of halogens is 2. The molecule has 0 saturated heterocycles. The Kier molecular flexibility index (Phi) is 2.56. The van der Waals surface area contributed by atoms with Crippen LogP contribution in [0.5, 0.6) is 0 Å². The van der Waals surface area contributed by atoms with Crippen LogP contribution in [0.2, 0.25) is 0 Å². The lowest BCUT2D eigenvalue weighted by Crippen LogP contribution is -2.29. The van der Waals surface area contributed by atoms with Gasteiger partial charge < -0.3 is 0 Å². The number of hydrogen-bond donors (Lipinski definition) is 0. The summed E-state index contributed by atoms with van der Waals surface area (Å²) in [6, 6.07) is 7.71. The highest BCUT2D eigenvalue weighted by Crippen LogP contribution is 2.58. The van der Waals surface area contributed by atoms with Gasteiger partial charge in [-0.2, -0.15) is 0 Å². The van der Waals surface area contributed by atoms with Crippen molar-refractivity contribution < 1.29 is 8.78 Å². The molecule has 2 heteroatoms. The smallest absolute Gasteiger partial charge is 0.206 e. The Morgan fingerprint density at radius 1 is 1.12 bits per heavy atom. The molecule has 1 aliphatic rings. The fourth-order valence-electron chi connectivity index (χ4n) is 2.29. The van der Waals surface area contributed by atoms with Crippen LogP contribution in [0.4, 0.5) is 8.78 Å². The normalized spacial score (nSPS) is 18.9. The predicted octanol–water partition coefficient (Wildman–Crippen LogP) is 4.50. The standard InChI is InChI=1S/C14H18F2/c1-10(2)11-4-6-12(7-5-11)14(8-9-14)13(3,15)16/h4-7,10H,8-9H2,1-3H3. The molecule has 0 aromatic heterocycles. The maximum absolute atomic E-state index is 13.5. The number of alkyl halides is 2. The van der Waals surface area contributed by atoms with E-state index in [2.05, 4.69) is 13.8 Å². The van der Waals surface area contributed by atoms with Crippen molar-refractivity contribution in [2.24, 2.45) is 0 Å². The Hall–Kier alpha value is -0.920. The van der Waals surface area contributed by atoms with Crippen LogP contribution in [0.3, 0.4) is 0 Å². The zero-order chi connectivity index (χ0) is 12.0. The summed E-state index contributed by atoms with van der Waals surface area (Å²) in [6.45, 7) is 5.25. The SMILES string of the molecule is CC(C)c1ccc(C2(C(C)(F)F)CC2)cc1. The monoisotopic (exact) mass is 224 g/mol.